The molecule has 0 aromatic carbocycles. The highest BCUT2D eigenvalue weighted by Gasteiger charge is 2.36. The van der Waals surface area contributed by atoms with Crippen LogP contribution in [0.25, 0.3) is 0 Å². The fourth-order valence-corrected chi connectivity index (χ4v) is 3.37. The Labute approximate surface area is 102 Å². The fraction of sp³-hybridized carbons (Fsp3) is 0.900. The van der Waals surface area contributed by atoms with E-state index in [0.29, 0.717) is 19.5 Å². The number of rotatable bonds is 6. The maximum absolute atomic E-state index is 11.9. The molecule has 2 N–H and O–H groups in total. The summed E-state index contributed by atoms with van der Waals surface area (Å²) in [6.07, 6.45) is 3.52. The first kappa shape index (κ1) is 14.4. The third-order valence-electron chi connectivity index (χ3n) is 2.86. The Morgan fingerprint density at radius 2 is 2.18 bits per heavy atom. The number of nitrogens with zero attached hydrogens (tertiary/aromatic N) is 1. The fourth-order valence-electron chi connectivity index (χ4n) is 1.90. The summed E-state index contributed by atoms with van der Waals surface area (Å²) in [5, 5.41) is 9.01. The van der Waals surface area contributed by atoms with E-state index in [9.17, 15) is 13.2 Å². The van der Waals surface area contributed by atoms with Gasteiger partial charge in [-0.15, -0.1) is 0 Å². The number of hydrogen-bond donors (Lipinski definition) is 2. The van der Waals surface area contributed by atoms with Crippen LogP contribution in [-0.2, 0) is 15.0 Å². The van der Waals surface area contributed by atoms with Crippen LogP contribution in [0, 0.1) is 0 Å². The van der Waals surface area contributed by atoms with Gasteiger partial charge in [0.2, 0.25) is 0 Å². The molecule has 1 fully saturated rings. The summed E-state index contributed by atoms with van der Waals surface area (Å²) in [5.74, 6) is -1.06. The third kappa shape index (κ3) is 3.93. The molecule has 1 atom stereocenters. The second kappa shape index (κ2) is 6.32. The molecule has 6 nitrogen and oxygen atoms in total. The Morgan fingerprint density at radius 3 is 2.76 bits per heavy atom. The van der Waals surface area contributed by atoms with Crippen molar-refractivity contribution in [1.82, 2.24) is 9.03 Å². The molecule has 0 spiro atoms. The van der Waals surface area contributed by atoms with Gasteiger partial charge in [-0.25, -0.2) is 4.72 Å². The summed E-state index contributed by atoms with van der Waals surface area (Å²) < 4.78 is 27.4. The molecule has 1 unspecified atom stereocenters. The van der Waals surface area contributed by atoms with Gasteiger partial charge < -0.3 is 5.11 Å². The van der Waals surface area contributed by atoms with E-state index in [-0.39, 0.29) is 0 Å². The van der Waals surface area contributed by atoms with E-state index in [1.165, 1.54) is 0 Å². The highest BCUT2D eigenvalue weighted by atomic mass is 32.2. The van der Waals surface area contributed by atoms with E-state index < -0.39 is 22.2 Å². The van der Waals surface area contributed by atoms with Crippen LogP contribution in [0.4, 0.5) is 0 Å². The highest BCUT2D eigenvalue weighted by Crippen LogP contribution is 2.19. The van der Waals surface area contributed by atoms with E-state index in [4.69, 9.17) is 5.11 Å². The van der Waals surface area contributed by atoms with Gasteiger partial charge in [0.1, 0.15) is 6.04 Å². The monoisotopic (exact) mass is 264 g/mol. The lowest BCUT2D eigenvalue weighted by atomic mass is 10.1. The molecule has 7 heteroatoms. The summed E-state index contributed by atoms with van der Waals surface area (Å²) in [4.78, 5) is 11.0. The molecule has 0 aliphatic carbocycles. The van der Waals surface area contributed by atoms with Gasteiger partial charge in [0.15, 0.2) is 0 Å². The molecule has 1 aliphatic rings. The van der Waals surface area contributed by atoms with Crippen molar-refractivity contribution in [3.63, 3.8) is 0 Å². The molecule has 0 radical (unpaired) electrons. The van der Waals surface area contributed by atoms with Crippen LogP contribution < -0.4 is 4.72 Å². The number of carbonyl (C=O) groups is 1. The number of aliphatic carboxylic acids is 1. The van der Waals surface area contributed by atoms with Crippen LogP contribution in [0.2, 0.25) is 0 Å². The zero-order valence-electron chi connectivity index (χ0n) is 10.1. The molecular weight excluding hydrogens is 244 g/mol. The molecule has 100 valence electrons. The van der Waals surface area contributed by atoms with E-state index >= 15 is 0 Å². The van der Waals surface area contributed by atoms with Crippen LogP contribution in [0.3, 0.4) is 0 Å². The second-order valence-electron chi connectivity index (χ2n) is 4.21. The first-order valence-corrected chi connectivity index (χ1v) is 7.42. The van der Waals surface area contributed by atoms with Crippen LogP contribution in [0.5, 0.6) is 0 Å². The molecule has 1 heterocycles. The van der Waals surface area contributed by atoms with Gasteiger partial charge in [-0.2, -0.15) is 12.7 Å². The molecule has 0 aromatic rings. The van der Waals surface area contributed by atoms with E-state index in [2.05, 4.69) is 4.72 Å². The van der Waals surface area contributed by atoms with Crippen LogP contribution in [-0.4, -0.2) is 42.9 Å². The number of hydrogen-bond acceptors (Lipinski definition) is 3. The van der Waals surface area contributed by atoms with Crippen molar-refractivity contribution in [2.75, 3.05) is 13.1 Å². The Kier molecular flexibility index (Phi) is 5.35. The number of nitrogens with one attached hydrogen (secondary N) is 1. The summed E-state index contributed by atoms with van der Waals surface area (Å²) >= 11 is 0. The maximum atomic E-state index is 11.9. The van der Waals surface area contributed by atoms with E-state index in [0.717, 1.165) is 30.0 Å². The number of piperidine rings is 1. The molecule has 0 bridgehead atoms. The lowest BCUT2D eigenvalue weighted by molar-refractivity contribution is -0.142. The molecule has 0 aromatic heterocycles. The number of carboxylic acid groups (broad SMARTS) is 1. The van der Waals surface area contributed by atoms with Gasteiger partial charge in [-0.3, -0.25) is 4.79 Å². The second-order valence-corrected chi connectivity index (χ2v) is 5.92. The van der Waals surface area contributed by atoms with Crippen LogP contribution >= 0.6 is 0 Å². The van der Waals surface area contributed by atoms with Crippen LogP contribution in [0.15, 0.2) is 0 Å². The average molecular weight is 264 g/mol. The molecule has 0 amide bonds. The summed E-state index contributed by atoms with van der Waals surface area (Å²) in [6, 6.07) is -0.914. The van der Waals surface area contributed by atoms with Crippen molar-refractivity contribution in [1.29, 1.82) is 0 Å². The van der Waals surface area contributed by atoms with Crippen molar-refractivity contribution in [2.24, 2.45) is 0 Å². The topological polar surface area (TPSA) is 86.7 Å². The molecule has 1 saturated heterocycles. The molecule has 0 saturated carbocycles. The molecular formula is C10H20N2O4S. The molecule has 17 heavy (non-hydrogen) atoms. The Balaban J connectivity index is 2.69. The minimum absolute atomic E-state index is 0.290. The van der Waals surface area contributed by atoms with Crippen molar-refractivity contribution in [3.05, 3.63) is 0 Å². The van der Waals surface area contributed by atoms with Crippen molar-refractivity contribution in [3.8, 4) is 0 Å². The molecule has 1 rings (SSSR count). The van der Waals surface area contributed by atoms with Gasteiger partial charge in [-0.05, 0) is 25.7 Å². The predicted octanol–water partition coefficient (Wildman–Crippen LogP) is 0.560. The first-order chi connectivity index (χ1) is 7.99. The standard InChI is InChI=1S/C10H20N2O4S/c1-2-3-7-11-17(15,16)12-8-5-4-6-9(12)10(13)14/h9,11H,2-8H2,1H3,(H,13,14). The van der Waals surface area contributed by atoms with E-state index in [1.807, 2.05) is 6.92 Å². The van der Waals surface area contributed by atoms with Gasteiger partial charge in [0, 0.05) is 13.1 Å². The van der Waals surface area contributed by atoms with Gasteiger partial charge in [0.25, 0.3) is 10.2 Å². The third-order valence-corrected chi connectivity index (χ3v) is 4.49. The lowest BCUT2D eigenvalue weighted by Gasteiger charge is -2.31. The van der Waals surface area contributed by atoms with Crippen molar-refractivity contribution < 1.29 is 18.3 Å². The smallest absolute Gasteiger partial charge is 0.322 e. The quantitative estimate of drug-likeness (QED) is 0.686. The van der Waals surface area contributed by atoms with Crippen LogP contribution in [0.1, 0.15) is 39.0 Å². The van der Waals surface area contributed by atoms with Gasteiger partial charge in [-0.1, -0.05) is 13.3 Å². The average Bonchev–Trinajstić information content (AvgIpc) is 2.29. The zero-order valence-corrected chi connectivity index (χ0v) is 10.9. The Hall–Kier alpha value is -0.660. The number of unbranched alkanes of at least 4 members (excludes halogenated alkanes) is 1. The minimum Gasteiger partial charge on any atom is -0.480 e. The normalized spacial score (nSPS) is 22.5. The van der Waals surface area contributed by atoms with Crippen molar-refractivity contribution >= 4 is 16.2 Å². The predicted molar refractivity (Wildman–Crippen MR) is 63.8 cm³/mol. The number of carboxylic acids is 1. The van der Waals surface area contributed by atoms with Gasteiger partial charge >= 0.3 is 5.97 Å². The Morgan fingerprint density at radius 1 is 1.47 bits per heavy atom. The highest BCUT2D eigenvalue weighted by molar-refractivity contribution is 7.87. The largest absolute Gasteiger partial charge is 0.480 e. The summed E-state index contributed by atoms with van der Waals surface area (Å²) in [7, 11) is -3.65. The zero-order chi connectivity index (χ0) is 12.9. The first-order valence-electron chi connectivity index (χ1n) is 5.98. The lowest BCUT2D eigenvalue weighted by Crippen LogP contribution is -2.52. The summed E-state index contributed by atoms with van der Waals surface area (Å²) in [6.45, 7) is 2.62. The maximum Gasteiger partial charge on any atom is 0.322 e. The molecule has 1 aliphatic heterocycles. The van der Waals surface area contributed by atoms with E-state index in [1.54, 1.807) is 0 Å². The Bertz CT molecular complexity index is 355. The summed E-state index contributed by atoms with van der Waals surface area (Å²) in [5.41, 5.74) is 0. The SMILES string of the molecule is CCCCNS(=O)(=O)N1CCCCC1C(=O)O. The van der Waals surface area contributed by atoms with Gasteiger partial charge in [0.05, 0.1) is 0 Å². The minimum atomic E-state index is -3.65. The van der Waals surface area contributed by atoms with Crippen molar-refractivity contribution in [2.45, 2.75) is 45.1 Å².